The first-order chi connectivity index (χ1) is 9.18. The molecule has 0 rings (SSSR count). The molecule has 0 N–H and O–H groups in total. The highest BCUT2D eigenvalue weighted by molar-refractivity contribution is 5.77. The fourth-order valence-corrected chi connectivity index (χ4v) is 2.07. The maximum absolute atomic E-state index is 11.0. The molecule has 0 aromatic rings. The zero-order valence-electron chi connectivity index (χ0n) is 13.4. The van der Waals surface area contributed by atoms with E-state index in [9.17, 15) is 4.79 Å². The van der Waals surface area contributed by atoms with E-state index in [1.54, 1.807) is 6.92 Å². The quantitative estimate of drug-likeness (QED) is 0.408. The van der Waals surface area contributed by atoms with Gasteiger partial charge in [-0.2, -0.15) is 0 Å². The van der Waals surface area contributed by atoms with Crippen molar-refractivity contribution >= 4 is 5.78 Å². The molecule has 114 valence electrons. The molecule has 0 fully saturated rings. The smallest absolute Gasteiger partial charge is 0.134 e. The molecule has 0 aromatic heterocycles. The molecule has 0 aliphatic rings. The standard InChI is InChI=1S/C17H34O2/c1-4-5-6-7-8-9-10-11-12-13-14-19-15-16(2)17(3)18/h16H,4-15H2,1-3H3. The van der Waals surface area contributed by atoms with Crippen LogP contribution in [0.25, 0.3) is 0 Å². The van der Waals surface area contributed by atoms with E-state index >= 15 is 0 Å². The Kier molecular flexibility index (Phi) is 13.8. The molecule has 0 aromatic carbocycles. The molecular formula is C17H34O2. The lowest BCUT2D eigenvalue weighted by atomic mass is 10.1. The topological polar surface area (TPSA) is 26.3 Å². The van der Waals surface area contributed by atoms with Gasteiger partial charge >= 0.3 is 0 Å². The van der Waals surface area contributed by atoms with E-state index in [0.29, 0.717) is 6.61 Å². The van der Waals surface area contributed by atoms with Gasteiger partial charge in [0.15, 0.2) is 0 Å². The molecule has 0 heterocycles. The first-order valence-electron chi connectivity index (χ1n) is 8.26. The monoisotopic (exact) mass is 270 g/mol. The summed E-state index contributed by atoms with van der Waals surface area (Å²) in [5.74, 6) is 0.284. The molecule has 1 unspecified atom stereocenters. The third kappa shape index (κ3) is 13.9. The van der Waals surface area contributed by atoms with Crippen LogP contribution in [0.3, 0.4) is 0 Å². The Balaban J connectivity index is 3.05. The predicted molar refractivity (Wildman–Crippen MR) is 82.5 cm³/mol. The van der Waals surface area contributed by atoms with E-state index in [-0.39, 0.29) is 11.7 Å². The molecule has 0 radical (unpaired) electrons. The Bertz CT molecular complexity index is 201. The van der Waals surface area contributed by atoms with E-state index < -0.39 is 0 Å². The summed E-state index contributed by atoms with van der Waals surface area (Å²) in [5, 5.41) is 0. The molecule has 0 aliphatic carbocycles. The summed E-state index contributed by atoms with van der Waals surface area (Å²) in [4.78, 5) is 11.0. The zero-order chi connectivity index (χ0) is 14.3. The van der Waals surface area contributed by atoms with E-state index in [2.05, 4.69) is 6.92 Å². The van der Waals surface area contributed by atoms with Crippen LogP contribution in [0, 0.1) is 5.92 Å². The Labute approximate surface area is 120 Å². The largest absolute Gasteiger partial charge is 0.381 e. The summed E-state index contributed by atoms with van der Waals surface area (Å²) < 4.78 is 5.51. The molecule has 19 heavy (non-hydrogen) atoms. The van der Waals surface area contributed by atoms with E-state index in [4.69, 9.17) is 4.74 Å². The fraction of sp³-hybridized carbons (Fsp3) is 0.941. The lowest BCUT2D eigenvalue weighted by Crippen LogP contribution is -2.14. The SMILES string of the molecule is CCCCCCCCCCCCOCC(C)C(C)=O. The number of unbranched alkanes of at least 4 members (excludes halogenated alkanes) is 9. The van der Waals surface area contributed by atoms with Gasteiger partial charge < -0.3 is 4.74 Å². The highest BCUT2D eigenvalue weighted by Gasteiger charge is 2.06. The Morgan fingerprint density at radius 2 is 1.37 bits per heavy atom. The van der Waals surface area contributed by atoms with E-state index in [0.717, 1.165) is 13.0 Å². The molecule has 0 aliphatic heterocycles. The Hall–Kier alpha value is -0.370. The molecule has 0 spiro atoms. The number of hydrogen-bond donors (Lipinski definition) is 0. The van der Waals surface area contributed by atoms with Crippen LogP contribution >= 0.6 is 0 Å². The van der Waals surface area contributed by atoms with Gasteiger partial charge in [-0.3, -0.25) is 4.79 Å². The number of ketones is 1. The summed E-state index contributed by atoms with van der Waals surface area (Å²) in [6.45, 7) is 7.23. The second-order valence-corrected chi connectivity index (χ2v) is 5.77. The van der Waals surface area contributed by atoms with Crippen LogP contribution < -0.4 is 0 Å². The van der Waals surface area contributed by atoms with Gasteiger partial charge in [0.2, 0.25) is 0 Å². The van der Waals surface area contributed by atoms with Crippen LogP contribution in [0.2, 0.25) is 0 Å². The van der Waals surface area contributed by atoms with Crippen LogP contribution in [-0.4, -0.2) is 19.0 Å². The van der Waals surface area contributed by atoms with Crippen molar-refractivity contribution in [3.05, 3.63) is 0 Å². The van der Waals surface area contributed by atoms with Crippen LogP contribution in [-0.2, 0) is 9.53 Å². The molecular weight excluding hydrogens is 236 g/mol. The number of carbonyl (C=O) groups excluding carboxylic acids is 1. The van der Waals surface area contributed by atoms with Crippen molar-refractivity contribution in [1.82, 2.24) is 0 Å². The van der Waals surface area contributed by atoms with Crippen LogP contribution in [0.4, 0.5) is 0 Å². The number of ether oxygens (including phenoxy) is 1. The van der Waals surface area contributed by atoms with E-state index in [1.165, 1.54) is 57.8 Å². The predicted octanol–water partition coefficient (Wildman–Crippen LogP) is 5.15. The third-order valence-electron chi connectivity index (χ3n) is 3.70. The highest BCUT2D eigenvalue weighted by Crippen LogP contribution is 2.10. The van der Waals surface area contributed by atoms with Crippen molar-refractivity contribution in [3.63, 3.8) is 0 Å². The number of carbonyl (C=O) groups is 1. The molecule has 0 bridgehead atoms. The maximum atomic E-state index is 11.0. The normalized spacial score (nSPS) is 12.6. The second kappa shape index (κ2) is 14.0. The first-order valence-corrected chi connectivity index (χ1v) is 8.26. The zero-order valence-corrected chi connectivity index (χ0v) is 13.4. The van der Waals surface area contributed by atoms with Crippen molar-refractivity contribution in [3.8, 4) is 0 Å². The van der Waals surface area contributed by atoms with Crippen molar-refractivity contribution in [1.29, 1.82) is 0 Å². The highest BCUT2D eigenvalue weighted by atomic mass is 16.5. The minimum absolute atomic E-state index is 0.0584. The summed E-state index contributed by atoms with van der Waals surface area (Å²) in [6, 6.07) is 0. The number of Topliss-reactive ketones (excluding diaryl/α,β-unsaturated/α-hetero) is 1. The van der Waals surface area contributed by atoms with Gasteiger partial charge in [-0.15, -0.1) is 0 Å². The van der Waals surface area contributed by atoms with Gasteiger partial charge in [0.1, 0.15) is 5.78 Å². The van der Waals surface area contributed by atoms with Gasteiger partial charge in [-0.05, 0) is 13.3 Å². The third-order valence-corrected chi connectivity index (χ3v) is 3.70. The van der Waals surface area contributed by atoms with Crippen molar-refractivity contribution in [2.24, 2.45) is 5.92 Å². The summed E-state index contributed by atoms with van der Waals surface area (Å²) in [7, 11) is 0. The van der Waals surface area contributed by atoms with E-state index in [1.807, 2.05) is 6.92 Å². The summed E-state index contributed by atoms with van der Waals surface area (Å²) >= 11 is 0. The number of rotatable bonds is 14. The lowest BCUT2D eigenvalue weighted by Gasteiger charge is -2.08. The molecule has 1 atom stereocenters. The maximum Gasteiger partial charge on any atom is 0.134 e. The molecule has 2 nitrogen and oxygen atoms in total. The summed E-state index contributed by atoms with van der Waals surface area (Å²) in [6.07, 6.45) is 13.5. The van der Waals surface area contributed by atoms with Gasteiger partial charge in [0.25, 0.3) is 0 Å². The second-order valence-electron chi connectivity index (χ2n) is 5.77. The first kappa shape index (κ1) is 18.6. The Morgan fingerprint density at radius 1 is 0.895 bits per heavy atom. The van der Waals surface area contributed by atoms with Crippen molar-refractivity contribution < 1.29 is 9.53 Å². The molecule has 0 amide bonds. The lowest BCUT2D eigenvalue weighted by molar-refractivity contribution is -0.122. The molecule has 0 saturated carbocycles. The van der Waals surface area contributed by atoms with Gasteiger partial charge in [-0.25, -0.2) is 0 Å². The average molecular weight is 270 g/mol. The van der Waals surface area contributed by atoms with Crippen LogP contribution in [0.1, 0.15) is 85.0 Å². The fourth-order valence-electron chi connectivity index (χ4n) is 2.07. The minimum atomic E-state index is 0.0584. The average Bonchev–Trinajstić information content (AvgIpc) is 2.39. The minimum Gasteiger partial charge on any atom is -0.381 e. The number of hydrogen-bond acceptors (Lipinski definition) is 2. The Morgan fingerprint density at radius 3 is 1.84 bits per heavy atom. The van der Waals surface area contributed by atoms with Crippen LogP contribution in [0.15, 0.2) is 0 Å². The van der Waals surface area contributed by atoms with Crippen LogP contribution in [0.5, 0.6) is 0 Å². The summed E-state index contributed by atoms with van der Waals surface area (Å²) in [5.41, 5.74) is 0. The molecule has 2 heteroatoms. The molecule has 0 saturated heterocycles. The van der Waals surface area contributed by atoms with Gasteiger partial charge in [-0.1, -0.05) is 71.6 Å². The van der Waals surface area contributed by atoms with Gasteiger partial charge in [0, 0.05) is 12.5 Å². The van der Waals surface area contributed by atoms with Gasteiger partial charge in [0.05, 0.1) is 6.61 Å². The van der Waals surface area contributed by atoms with Crippen molar-refractivity contribution in [2.75, 3.05) is 13.2 Å². The van der Waals surface area contributed by atoms with Crippen molar-refractivity contribution in [2.45, 2.75) is 85.0 Å².